The van der Waals surface area contributed by atoms with Crippen LogP contribution < -0.4 is 0 Å². The largest absolute Gasteiger partial charge is 0.466 e. The normalized spacial score (nSPS) is 46.7. The second kappa shape index (κ2) is 8.80. The number of rotatable bonds is 6. The topological polar surface area (TPSA) is 63.6 Å². The van der Waals surface area contributed by atoms with Crippen LogP contribution in [-0.2, 0) is 14.3 Å². The predicted molar refractivity (Wildman–Crippen MR) is 121 cm³/mol. The van der Waals surface area contributed by atoms with Crippen LogP contribution in [0.15, 0.2) is 0 Å². The molecule has 4 aliphatic carbocycles. The summed E-state index contributed by atoms with van der Waals surface area (Å²) in [6.45, 7) is 9.43. The Hall–Kier alpha value is -0.900. The molecule has 0 bridgehead atoms. The second-order valence-electron chi connectivity index (χ2n) is 11.7. The van der Waals surface area contributed by atoms with E-state index in [-0.39, 0.29) is 34.7 Å². The molecule has 9 atom stereocenters. The molecular weight excluding hydrogens is 388 g/mol. The third-order valence-corrected chi connectivity index (χ3v) is 10.6. The van der Waals surface area contributed by atoms with Gasteiger partial charge in [-0.1, -0.05) is 20.8 Å². The number of Topliss-reactive ketones (excluding diaryl/α,β-unsaturated/α-hetero) is 1. The number of fused-ring (bicyclic) bond motifs is 5. The van der Waals surface area contributed by atoms with Crippen molar-refractivity contribution < 1.29 is 19.4 Å². The van der Waals surface area contributed by atoms with Crippen molar-refractivity contribution in [3.63, 3.8) is 0 Å². The molecule has 31 heavy (non-hydrogen) atoms. The van der Waals surface area contributed by atoms with Gasteiger partial charge in [-0.25, -0.2) is 0 Å². The zero-order chi connectivity index (χ0) is 22.4. The summed E-state index contributed by atoms with van der Waals surface area (Å²) in [6, 6.07) is 0. The Balaban J connectivity index is 1.53. The molecule has 1 N–H and O–H groups in total. The Morgan fingerprint density at radius 3 is 2.45 bits per heavy atom. The second-order valence-corrected chi connectivity index (χ2v) is 11.7. The van der Waals surface area contributed by atoms with Crippen molar-refractivity contribution in [2.45, 2.75) is 104 Å². The van der Waals surface area contributed by atoms with Crippen LogP contribution in [0, 0.1) is 46.3 Å². The summed E-state index contributed by atoms with van der Waals surface area (Å²) in [7, 11) is 0. The number of esters is 1. The van der Waals surface area contributed by atoms with E-state index in [2.05, 4.69) is 20.8 Å². The third kappa shape index (κ3) is 3.79. The summed E-state index contributed by atoms with van der Waals surface area (Å²) < 4.78 is 5.11. The molecule has 0 heterocycles. The third-order valence-electron chi connectivity index (χ3n) is 10.6. The molecule has 4 rings (SSSR count). The SMILES string of the molecule is CCOC(=O)CCC[C@H]1CCC2C3C(=O)[C@H](CC)C4C[C@H](O)CC[C@]4(C)C3CC[C@@]21C. The Morgan fingerprint density at radius 1 is 1.03 bits per heavy atom. The van der Waals surface area contributed by atoms with Crippen LogP contribution in [0.5, 0.6) is 0 Å². The van der Waals surface area contributed by atoms with Crippen molar-refractivity contribution >= 4 is 11.8 Å². The molecule has 4 aliphatic rings. The fourth-order valence-electron chi connectivity index (χ4n) is 8.94. The van der Waals surface area contributed by atoms with Gasteiger partial charge < -0.3 is 9.84 Å². The zero-order valence-electron chi connectivity index (χ0n) is 20.2. The summed E-state index contributed by atoms with van der Waals surface area (Å²) in [5.74, 6) is 2.80. The minimum atomic E-state index is -0.222. The van der Waals surface area contributed by atoms with Gasteiger partial charge in [0.1, 0.15) is 5.78 Å². The number of hydrogen-bond donors (Lipinski definition) is 1. The van der Waals surface area contributed by atoms with Crippen molar-refractivity contribution in [2.24, 2.45) is 46.3 Å². The van der Waals surface area contributed by atoms with Gasteiger partial charge in [-0.15, -0.1) is 0 Å². The molecule has 176 valence electrons. The predicted octanol–water partition coefficient (Wildman–Crippen LogP) is 5.55. The van der Waals surface area contributed by atoms with E-state index in [9.17, 15) is 14.7 Å². The maximum absolute atomic E-state index is 13.9. The summed E-state index contributed by atoms with van der Waals surface area (Å²) >= 11 is 0. The molecule has 0 spiro atoms. The molecule has 0 aromatic rings. The minimum absolute atomic E-state index is 0.0717. The first-order valence-corrected chi connectivity index (χ1v) is 13.1. The standard InChI is InChI=1S/C27H44O4/c1-5-19-22-16-18(28)12-14-27(22,4)21-13-15-26(3)17(8-7-9-23(29)31-6-2)10-11-20(26)24(21)25(19)30/h17-22,24,28H,5-16H2,1-4H3/t17-,18+,19+,20?,21?,22?,24?,26+,27+/m0/s1. The summed E-state index contributed by atoms with van der Waals surface area (Å²) in [5.41, 5.74) is 0.447. The quantitative estimate of drug-likeness (QED) is 0.559. The highest BCUT2D eigenvalue weighted by atomic mass is 16.5. The highest BCUT2D eigenvalue weighted by molar-refractivity contribution is 5.86. The van der Waals surface area contributed by atoms with Gasteiger partial charge in [-0.05, 0) is 106 Å². The summed E-state index contributed by atoms with van der Waals surface area (Å²) in [6.07, 6.45) is 10.8. The maximum Gasteiger partial charge on any atom is 0.305 e. The van der Waals surface area contributed by atoms with Crippen LogP contribution in [0.25, 0.3) is 0 Å². The fraction of sp³-hybridized carbons (Fsp3) is 0.926. The number of carbonyl (C=O) groups is 2. The first-order valence-electron chi connectivity index (χ1n) is 13.1. The van der Waals surface area contributed by atoms with Crippen LogP contribution in [0.3, 0.4) is 0 Å². The Bertz CT molecular complexity index is 689. The lowest BCUT2D eigenvalue weighted by atomic mass is 9.42. The molecule has 0 radical (unpaired) electrons. The number of ether oxygens (including phenoxy) is 1. The molecule has 4 fully saturated rings. The number of aliphatic hydroxyl groups excluding tert-OH is 1. The van der Waals surface area contributed by atoms with Crippen molar-refractivity contribution in [3.05, 3.63) is 0 Å². The maximum atomic E-state index is 13.9. The number of aliphatic hydroxyl groups is 1. The smallest absolute Gasteiger partial charge is 0.305 e. The van der Waals surface area contributed by atoms with Crippen LogP contribution in [0.4, 0.5) is 0 Å². The lowest BCUT2D eigenvalue weighted by Crippen LogP contribution is -2.60. The minimum Gasteiger partial charge on any atom is -0.466 e. The van der Waals surface area contributed by atoms with E-state index in [4.69, 9.17) is 4.74 Å². The van der Waals surface area contributed by atoms with Gasteiger partial charge in [0.05, 0.1) is 12.7 Å². The molecule has 4 unspecified atom stereocenters. The van der Waals surface area contributed by atoms with Gasteiger partial charge in [-0.2, -0.15) is 0 Å². The molecule has 0 aromatic carbocycles. The zero-order valence-corrected chi connectivity index (χ0v) is 20.2. The Kier molecular flexibility index (Phi) is 6.60. The van der Waals surface area contributed by atoms with Gasteiger partial charge in [0, 0.05) is 18.3 Å². The first-order chi connectivity index (χ1) is 14.8. The monoisotopic (exact) mass is 432 g/mol. The molecule has 4 heteroatoms. The highest BCUT2D eigenvalue weighted by Gasteiger charge is 2.64. The van der Waals surface area contributed by atoms with Crippen LogP contribution in [0.2, 0.25) is 0 Å². The van der Waals surface area contributed by atoms with Gasteiger partial charge in [0.15, 0.2) is 0 Å². The molecule has 4 saturated carbocycles. The van der Waals surface area contributed by atoms with E-state index in [0.717, 1.165) is 44.9 Å². The van der Waals surface area contributed by atoms with Gasteiger partial charge >= 0.3 is 5.97 Å². The fourth-order valence-corrected chi connectivity index (χ4v) is 8.94. The van der Waals surface area contributed by atoms with Crippen LogP contribution >= 0.6 is 0 Å². The summed E-state index contributed by atoms with van der Waals surface area (Å²) in [5, 5.41) is 10.4. The first kappa shape index (κ1) is 23.3. The van der Waals surface area contributed by atoms with E-state index in [0.29, 0.717) is 42.5 Å². The van der Waals surface area contributed by atoms with Crippen molar-refractivity contribution in [1.82, 2.24) is 0 Å². The van der Waals surface area contributed by atoms with E-state index < -0.39 is 0 Å². The van der Waals surface area contributed by atoms with Gasteiger partial charge in [0.25, 0.3) is 0 Å². The average Bonchev–Trinajstić information content (AvgIpc) is 3.06. The molecular formula is C27H44O4. The number of ketones is 1. The van der Waals surface area contributed by atoms with Crippen molar-refractivity contribution in [1.29, 1.82) is 0 Å². The molecule has 0 amide bonds. The van der Waals surface area contributed by atoms with E-state index in [1.807, 2.05) is 6.92 Å². The Labute approximate surface area is 188 Å². The van der Waals surface area contributed by atoms with E-state index in [1.54, 1.807) is 0 Å². The number of carbonyl (C=O) groups excluding carboxylic acids is 2. The van der Waals surface area contributed by atoms with Crippen LogP contribution in [-0.4, -0.2) is 29.6 Å². The molecule has 4 nitrogen and oxygen atoms in total. The van der Waals surface area contributed by atoms with Crippen molar-refractivity contribution in [3.8, 4) is 0 Å². The molecule has 0 aromatic heterocycles. The van der Waals surface area contributed by atoms with Crippen molar-refractivity contribution in [2.75, 3.05) is 6.61 Å². The van der Waals surface area contributed by atoms with E-state index in [1.165, 1.54) is 19.3 Å². The highest BCUT2D eigenvalue weighted by Crippen LogP contribution is 2.68. The van der Waals surface area contributed by atoms with Crippen LogP contribution in [0.1, 0.15) is 98.3 Å². The van der Waals surface area contributed by atoms with E-state index >= 15 is 0 Å². The van der Waals surface area contributed by atoms with Gasteiger partial charge in [0.2, 0.25) is 0 Å². The molecule has 0 saturated heterocycles. The lowest BCUT2D eigenvalue weighted by molar-refractivity contribution is -0.172. The Morgan fingerprint density at radius 2 is 1.74 bits per heavy atom. The molecule has 0 aliphatic heterocycles. The van der Waals surface area contributed by atoms with Gasteiger partial charge in [-0.3, -0.25) is 9.59 Å². The number of hydrogen-bond acceptors (Lipinski definition) is 4. The summed E-state index contributed by atoms with van der Waals surface area (Å²) in [4.78, 5) is 25.7. The average molecular weight is 433 g/mol. The lowest BCUT2D eigenvalue weighted by Gasteiger charge is -2.62.